The highest BCUT2D eigenvalue weighted by Gasteiger charge is 2.17. The number of hydrogen-bond donors (Lipinski definition) is 2. The van der Waals surface area contributed by atoms with Crippen molar-refractivity contribution in [1.82, 2.24) is 9.88 Å². The van der Waals surface area contributed by atoms with Crippen molar-refractivity contribution >= 4 is 5.91 Å². The molecule has 2 N–H and O–H groups in total. The van der Waals surface area contributed by atoms with E-state index in [-0.39, 0.29) is 11.9 Å². The molecule has 2 aromatic heterocycles. The van der Waals surface area contributed by atoms with Gasteiger partial charge in [-0.2, -0.15) is 0 Å². The van der Waals surface area contributed by atoms with Crippen molar-refractivity contribution < 1.29 is 14.3 Å². The minimum Gasteiger partial charge on any atom is -0.467 e. The van der Waals surface area contributed by atoms with E-state index in [4.69, 9.17) is 4.42 Å². The zero-order valence-corrected chi connectivity index (χ0v) is 13.4. The van der Waals surface area contributed by atoms with Crippen molar-refractivity contribution in [3.63, 3.8) is 0 Å². The van der Waals surface area contributed by atoms with Crippen LogP contribution in [0.2, 0.25) is 0 Å². The molecule has 0 aliphatic heterocycles. The summed E-state index contributed by atoms with van der Waals surface area (Å²) in [5, 5.41) is 13.0. The van der Waals surface area contributed by atoms with Crippen LogP contribution in [-0.4, -0.2) is 21.6 Å². The Labute approximate surface area is 140 Å². The fourth-order valence-corrected chi connectivity index (χ4v) is 2.61. The summed E-state index contributed by atoms with van der Waals surface area (Å²) in [6, 6.07) is 14.5. The molecule has 2 atom stereocenters. The molecule has 2 heterocycles. The maximum Gasteiger partial charge on any atom is 0.251 e. The Bertz CT molecular complexity index is 779. The minimum atomic E-state index is -0.735. The Morgan fingerprint density at radius 2 is 2.00 bits per heavy atom. The van der Waals surface area contributed by atoms with E-state index in [0.29, 0.717) is 17.7 Å². The number of furan rings is 1. The molecule has 124 valence electrons. The number of aliphatic hydroxyl groups excluding tert-OH is 1. The lowest BCUT2D eigenvalue weighted by atomic mass is 10.1. The first-order valence-electron chi connectivity index (χ1n) is 7.89. The maximum atomic E-state index is 12.4. The van der Waals surface area contributed by atoms with E-state index in [1.165, 1.54) is 6.26 Å². The first-order valence-corrected chi connectivity index (χ1v) is 7.89. The highest BCUT2D eigenvalue weighted by atomic mass is 16.4. The van der Waals surface area contributed by atoms with Crippen molar-refractivity contribution in [2.24, 2.45) is 0 Å². The monoisotopic (exact) mass is 324 g/mol. The number of hydrogen-bond acceptors (Lipinski definition) is 3. The third-order valence-corrected chi connectivity index (χ3v) is 3.84. The van der Waals surface area contributed by atoms with Gasteiger partial charge in [0.05, 0.1) is 6.26 Å². The van der Waals surface area contributed by atoms with Gasteiger partial charge >= 0.3 is 0 Å². The van der Waals surface area contributed by atoms with Crippen LogP contribution >= 0.6 is 0 Å². The van der Waals surface area contributed by atoms with Crippen LogP contribution in [0.3, 0.4) is 0 Å². The fraction of sp³-hybridized carbons (Fsp3) is 0.211. The zero-order chi connectivity index (χ0) is 16.9. The number of aromatic nitrogens is 1. The van der Waals surface area contributed by atoms with Gasteiger partial charge in [-0.05, 0) is 49.4 Å². The van der Waals surface area contributed by atoms with Crippen LogP contribution in [0.4, 0.5) is 0 Å². The summed E-state index contributed by atoms with van der Waals surface area (Å²) in [6.45, 7) is 1.86. The van der Waals surface area contributed by atoms with Gasteiger partial charge in [-0.1, -0.05) is 6.07 Å². The average molecular weight is 324 g/mol. The van der Waals surface area contributed by atoms with E-state index >= 15 is 0 Å². The summed E-state index contributed by atoms with van der Waals surface area (Å²) < 4.78 is 7.12. The molecule has 0 saturated carbocycles. The molecule has 0 spiro atoms. The largest absolute Gasteiger partial charge is 0.467 e. The number of benzene rings is 1. The Hall–Kier alpha value is -2.79. The first kappa shape index (κ1) is 16.1. The molecule has 0 fully saturated rings. The van der Waals surface area contributed by atoms with Crippen LogP contribution < -0.4 is 5.32 Å². The van der Waals surface area contributed by atoms with Crippen molar-refractivity contribution in [2.45, 2.75) is 25.5 Å². The number of rotatable bonds is 6. The third-order valence-electron chi connectivity index (χ3n) is 3.84. The molecule has 24 heavy (non-hydrogen) atoms. The van der Waals surface area contributed by atoms with Gasteiger partial charge in [0.15, 0.2) is 0 Å². The van der Waals surface area contributed by atoms with Gasteiger partial charge in [-0.15, -0.1) is 0 Å². The van der Waals surface area contributed by atoms with E-state index in [1.807, 2.05) is 54.2 Å². The fourth-order valence-electron chi connectivity index (χ4n) is 2.61. The Balaban J connectivity index is 1.63. The van der Waals surface area contributed by atoms with Crippen LogP contribution in [0.5, 0.6) is 0 Å². The molecule has 0 saturated heterocycles. The summed E-state index contributed by atoms with van der Waals surface area (Å²) in [5.41, 5.74) is 1.51. The van der Waals surface area contributed by atoms with Crippen LogP contribution in [-0.2, 0) is 0 Å². The highest BCUT2D eigenvalue weighted by molar-refractivity contribution is 5.94. The summed E-state index contributed by atoms with van der Waals surface area (Å²) in [5.74, 6) is 0.342. The van der Waals surface area contributed by atoms with Crippen molar-refractivity contribution in [2.75, 3.05) is 0 Å². The van der Waals surface area contributed by atoms with Gasteiger partial charge < -0.3 is 19.4 Å². The van der Waals surface area contributed by atoms with E-state index in [0.717, 1.165) is 5.69 Å². The summed E-state index contributed by atoms with van der Waals surface area (Å²) in [4.78, 5) is 12.4. The van der Waals surface area contributed by atoms with Crippen LogP contribution in [0.1, 0.15) is 35.6 Å². The zero-order valence-electron chi connectivity index (χ0n) is 13.4. The average Bonchev–Trinajstić information content (AvgIpc) is 3.28. The normalized spacial score (nSPS) is 13.4. The summed E-state index contributed by atoms with van der Waals surface area (Å²) in [7, 11) is 0. The number of carbonyl (C=O) groups is 1. The summed E-state index contributed by atoms with van der Waals surface area (Å²) in [6.07, 6.45) is 5.03. The molecule has 0 aliphatic carbocycles. The quantitative estimate of drug-likeness (QED) is 0.731. The topological polar surface area (TPSA) is 67.4 Å². The molecular weight excluding hydrogens is 304 g/mol. The van der Waals surface area contributed by atoms with Gasteiger partial charge in [-0.25, -0.2) is 0 Å². The molecule has 0 bridgehead atoms. The minimum absolute atomic E-state index is 0.164. The Morgan fingerprint density at radius 1 is 1.21 bits per heavy atom. The van der Waals surface area contributed by atoms with E-state index in [9.17, 15) is 9.90 Å². The van der Waals surface area contributed by atoms with Crippen LogP contribution in [0, 0.1) is 0 Å². The molecular formula is C19H20N2O3. The molecule has 5 heteroatoms. The Kier molecular flexibility index (Phi) is 4.82. The molecule has 3 rings (SSSR count). The molecule has 5 nitrogen and oxygen atoms in total. The molecule has 2 unspecified atom stereocenters. The highest BCUT2D eigenvalue weighted by Crippen LogP contribution is 2.19. The van der Waals surface area contributed by atoms with Gasteiger partial charge in [-0.3, -0.25) is 4.79 Å². The third kappa shape index (κ3) is 3.75. The number of aliphatic hydroxyl groups is 1. The van der Waals surface area contributed by atoms with Crippen LogP contribution in [0.15, 0.2) is 71.6 Å². The number of nitrogens with one attached hydrogen (secondary N) is 1. The van der Waals surface area contributed by atoms with E-state index in [1.54, 1.807) is 18.2 Å². The molecule has 3 aromatic rings. The smallest absolute Gasteiger partial charge is 0.251 e. The number of nitrogens with zero attached hydrogens (tertiary/aromatic N) is 1. The first-order chi connectivity index (χ1) is 11.6. The second-order valence-electron chi connectivity index (χ2n) is 5.78. The number of carbonyl (C=O) groups excluding carboxylic acids is 1. The lowest BCUT2D eigenvalue weighted by Gasteiger charge is -2.17. The predicted molar refractivity (Wildman–Crippen MR) is 91.0 cm³/mol. The standard InChI is InChI=1S/C19H20N2O3/c1-14(12-17(22)18-8-5-11-24-18)20-19(23)15-6-4-7-16(13-15)21-9-2-3-10-21/h2-11,13-14,17,22H,12H2,1H3,(H,20,23). The summed E-state index contributed by atoms with van der Waals surface area (Å²) >= 11 is 0. The molecule has 0 radical (unpaired) electrons. The lowest BCUT2D eigenvalue weighted by molar-refractivity contribution is 0.0903. The predicted octanol–water partition coefficient (Wildman–Crippen LogP) is 3.31. The van der Waals surface area contributed by atoms with Gasteiger partial charge in [0.25, 0.3) is 5.91 Å². The van der Waals surface area contributed by atoms with Gasteiger partial charge in [0.2, 0.25) is 0 Å². The van der Waals surface area contributed by atoms with Crippen molar-refractivity contribution in [3.05, 3.63) is 78.5 Å². The Morgan fingerprint density at radius 3 is 2.71 bits per heavy atom. The molecule has 1 aromatic carbocycles. The van der Waals surface area contributed by atoms with Crippen molar-refractivity contribution in [1.29, 1.82) is 0 Å². The van der Waals surface area contributed by atoms with Gasteiger partial charge in [0, 0.05) is 36.1 Å². The van der Waals surface area contributed by atoms with E-state index < -0.39 is 6.10 Å². The van der Waals surface area contributed by atoms with Crippen LogP contribution in [0.25, 0.3) is 5.69 Å². The number of amides is 1. The lowest BCUT2D eigenvalue weighted by Crippen LogP contribution is -2.33. The van der Waals surface area contributed by atoms with Crippen molar-refractivity contribution in [3.8, 4) is 5.69 Å². The molecule has 0 aliphatic rings. The second-order valence-corrected chi connectivity index (χ2v) is 5.78. The maximum absolute atomic E-state index is 12.4. The SMILES string of the molecule is CC(CC(O)c1ccco1)NC(=O)c1cccc(-n2cccc2)c1. The van der Waals surface area contributed by atoms with Gasteiger partial charge in [0.1, 0.15) is 11.9 Å². The second kappa shape index (κ2) is 7.19. The molecule has 1 amide bonds. The van der Waals surface area contributed by atoms with E-state index in [2.05, 4.69) is 5.32 Å².